The van der Waals surface area contributed by atoms with Gasteiger partial charge in [-0.15, -0.1) is 0 Å². The lowest BCUT2D eigenvalue weighted by molar-refractivity contribution is -0.141. The highest BCUT2D eigenvalue weighted by Gasteiger charge is 2.15. The van der Waals surface area contributed by atoms with Gasteiger partial charge in [-0.2, -0.15) is 0 Å². The molecular formula is C14H17F2NO3. The first kappa shape index (κ1) is 16.1. The molecule has 0 atom stereocenters. The van der Waals surface area contributed by atoms with Crippen molar-refractivity contribution in [1.29, 1.82) is 0 Å². The summed E-state index contributed by atoms with van der Waals surface area (Å²) >= 11 is 0. The Balaban J connectivity index is 2.49. The van der Waals surface area contributed by atoms with Crippen LogP contribution in [0.4, 0.5) is 8.78 Å². The van der Waals surface area contributed by atoms with E-state index >= 15 is 0 Å². The standard InChI is InChI=1S/C14H17F2NO3/c1-17(8-4-7-13(19)20-2)12(18)9-10-5-3-6-11(15)14(10)16/h3,5-6H,4,7-9H2,1-2H3. The van der Waals surface area contributed by atoms with Gasteiger partial charge in [0.15, 0.2) is 11.6 Å². The van der Waals surface area contributed by atoms with Crippen LogP contribution in [0.5, 0.6) is 0 Å². The quantitative estimate of drug-likeness (QED) is 0.750. The molecule has 6 heteroatoms. The summed E-state index contributed by atoms with van der Waals surface area (Å²) in [4.78, 5) is 24.1. The molecular weight excluding hydrogens is 268 g/mol. The molecule has 0 heterocycles. The summed E-state index contributed by atoms with van der Waals surface area (Å²) in [6.07, 6.45) is 0.460. The van der Waals surface area contributed by atoms with Gasteiger partial charge in [0.05, 0.1) is 13.5 Å². The number of ether oxygens (including phenoxy) is 1. The average molecular weight is 285 g/mol. The van der Waals surface area contributed by atoms with Crippen LogP contribution in [0.2, 0.25) is 0 Å². The molecule has 1 amide bonds. The Morgan fingerprint density at radius 3 is 2.65 bits per heavy atom. The number of carbonyl (C=O) groups is 2. The van der Waals surface area contributed by atoms with Crippen molar-refractivity contribution in [1.82, 2.24) is 4.90 Å². The fourth-order valence-corrected chi connectivity index (χ4v) is 1.67. The smallest absolute Gasteiger partial charge is 0.305 e. The van der Waals surface area contributed by atoms with Crippen LogP contribution in [0.15, 0.2) is 18.2 Å². The molecule has 0 aromatic heterocycles. The van der Waals surface area contributed by atoms with Gasteiger partial charge in [-0.05, 0) is 12.5 Å². The molecule has 0 radical (unpaired) electrons. The summed E-state index contributed by atoms with van der Waals surface area (Å²) in [5, 5.41) is 0. The Bertz CT molecular complexity index is 491. The summed E-state index contributed by atoms with van der Waals surface area (Å²) in [5.41, 5.74) is 0.0230. The molecule has 1 aromatic carbocycles. The minimum Gasteiger partial charge on any atom is -0.469 e. The van der Waals surface area contributed by atoms with Gasteiger partial charge in [0.1, 0.15) is 0 Å². The van der Waals surface area contributed by atoms with Crippen molar-refractivity contribution < 1.29 is 23.1 Å². The number of likely N-dealkylation sites (N-methyl/N-ethyl adjacent to an activating group) is 1. The van der Waals surface area contributed by atoms with E-state index in [-0.39, 0.29) is 30.3 Å². The molecule has 0 unspecified atom stereocenters. The molecule has 0 fully saturated rings. The van der Waals surface area contributed by atoms with E-state index in [2.05, 4.69) is 4.74 Å². The van der Waals surface area contributed by atoms with Gasteiger partial charge in [-0.25, -0.2) is 8.78 Å². The number of benzene rings is 1. The maximum atomic E-state index is 13.4. The van der Waals surface area contributed by atoms with Crippen molar-refractivity contribution in [3.05, 3.63) is 35.4 Å². The predicted molar refractivity (Wildman–Crippen MR) is 68.9 cm³/mol. The van der Waals surface area contributed by atoms with Crippen LogP contribution < -0.4 is 0 Å². The zero-order chi connectivity index (χ0) is 15.1. The van der Waals surface area contributed by atoms with E-state index in [9.17, 15) is 18.4 Å². The maximum Gasteiger partial charge on any atom is 0.305 e. The highest BCUT2D eigenvalue weighted by atomic mass is 19.2. The van der Waals surface area contributed by atoms with Gasteiger partial charge in [0.2, 0.25) is 5.91 Å². The largest absolute Gasteiger partial charge is 0.469 e. The van der Waals surface area contributed by atoms with E-state index in [1.54, 1.807) is 7.05 Å². The molecule has 0 aliphatic heterocycles. The minimum absolute atomic E-state index is 0.0230. The van der Waals surface area contributed by atoms with Crippen molar-refractivity contribution in [2.75, 3.05) is 20.7 Å². The van der Waals surface area contributed by atoms with Crippen molar-refractivity contribution in [3.63, 3.8) is 0 Å². The molecule has 110 valence electrons. The summed E-state index contributed by atoms with van der Waals surface area (Å²) in [6, 6.07) is 3.74. The molecule has 0 spiro atoms. The predicted octanol–water partition coefficient (Wildman–Crippen LogP) is 1.92. The van der Waals surface area contributed by atoms with Crippen molar-refractivity contribution >= 4 is 11.9 Å². The monoisotopic (exact) mass is 285 g/mol. The number of carbonyl (C=O) groups excluding carboxylic acids is 2. The molecule has 0 saturated carbocycles. The van der Waals surface area contributed by atoms with Gasteiger partial charge in [0, 0.05) is 25.6 Å². The molecule has 20 heavy (non-hydrogen) atoms. The highest BCUT2D eigenvalue weighted by molar-refractivity contribution is 5.78. The minimum atomic E-state index is -0.996. The van der Waals surface area contributed by atoms with Crippen LogP contribution in [0.1, 0.15) is 18.4 Å². The van der Waals surface area contributed by atoms with Crippen LogP contribution in [0.25, 0.3) is 0 Å². The Labute approximate surface area is 116 Å². The van der Waals surface area contributed by atoms with Crippen molar-refractivity contribution in [2.45, 2.75) is 19.3 Å². The second-order valence-electron chi connectivity index (χ2n) is 4.38. The van der Waals surface area contributed by atoms with E-state index in [1.807, 2.05) is 0 Å². The Morgan fingerprint density at radius 1 is 1.30 bits per heavy atom. The third-order valence-electron chi connectivity index (χ3n) is 2.90. The molecule has 4 nitrogen and oxygen atoms in total. The Hall–Kier alpha value is -1.98. The van der Waals surface area contributed by atoms with Gasteiger partial charge < -0.3 is 9.64 Å². The highest BCUT2D eigenvalue weighted by Crippen LogP contribution is 2.12. The van der Waals surface area contributed by atoms with Gasteiger partial charge in [-0.3, -0.25) is 9.59 Å². The fraction of sp³-hybridized carbons (Fsp3) is 0.429. The average Bonchev–Trinajstić information content (AvgIpc) is 2.43. The lowest BCUT2D eigenvalue weighted by Gasteiger charge is -2.17. The van der Waals surface area contributed by atoms with E-state index in [4.69, 9.17) is 0 Å². The first-order valence-electron chi connectivity index (χ1n) is 6.19. The summed E-state index contributed by atoms with van der Waals surface area (Å²) < 4.78 is 30.9. The molecule has 0 N–H and O–H groups in total. The fourth-order valence-electron chi connectivity index (χ4n) is 1.67. The number of hydrogen-bond donors (Lipinski definition) is 0. The van der Waals surface area contributed by atoms with Crippen LogP contribution in [-0.4, -0.2) is 37.5 Å². The van der Waals surface area contributed by atoms with E-state index in [0.29, 0.717) is 13.0 Å². The Morgan fingerprint density at radius 2 is 2.00 bits per heavy atom. The Kier molecular flexibility index (Phi) is 6.09. The lowest BCUT2D eigenvalue weighted by Crippen LogP contribution is -2.29. The second kappa shape index (κ2) is 7.57. The normalized spacial score (nSPS) is 10.2. The summed E-state index contributed by atoms with van der Waals surface area (Å²) in [7, 11) is 2.85. The van der Waals surface area contributed by atoms with Gasteiger partial charge in [-0.1, -0.05) is 12.1 Å². The first-order valence-corrected chi connectivity index (χ1v) is 6.19. The number of rotatable bonds is 6. The van der Waals surface area contributed by atoms with E-state index < -0.39 is 11.6 Å². The number of halogens is 2. The number of esters is 1. The number of nitrogens with zero attached hydrogens (tertiary/aromatic N) is 1. The lowest BCUT2D eigenvalue weighted by atomic mass is 10.1. The van der Waals surface area contributed by atoms with Crippen LogP contribution in [-0.2, 0) is 20.7 Å². The number of hydrogen-bond acceptors (Lipinski definition) is 3. The number of methoxy groups -OCH3 is 1. The third kappa shape index (κ3) is 4.60. The number of amides is 1. The van der Waals surface area contributed by atoms with Gasteiger partial charge in [0.25, 0.3) is 0 Å². The van der Waals surface area contributed by atoms with Gasteiger partial charge >= 0.3 is 5.97 Å². The zero-order valence-electron chi connectivity index (χ0n) is 11.5. The molecule has 1 rings (SSSR count). The second-order valence-corrected chi connectivity index (χ2v) is 4.38. The summed E-state index contributed by atoms with van der Waals surface area (Å²) in [6.45, 7) is 0.352. The zero-order valence-corrected chi connectivity index (χ0v) is 11.5. The van der Waals surface area contributed by atoms with Crippen molar-refractivity contribution in [3.8, 4) is 0 Å². The molecule has 0 bridgehead atoms. The van der Waals surface area contributed by atoms with Crippen molar-refractivity contribution in [2.24, 2.45) is 0 Å². The topological polar surface area (TPSA) is 46.6 Å². The van der Waals surface area contributed by atoms with E-state index in [0.717, 1.165) is 6.07 Å². The van der Waals surface area contributed by atoms with Crippen LogP contribution in [0.3, 0.4) is 0 Å². The van der Waals surface area contributed by atoms with Crippen LogP contribution >= 0.6 is 0 Å². The molecule has 0 aliphatic rings. The maximum absolute atomic E-state index is 13.4. The molecule has 1 aromatic rings. The van der Waals surface area contributed by atoms with E-state index in [1.165, 1.54) is 24.1 Å². The van der Waals surface area contributed by atoms with Crippen LogP contribution in [0, 0.1) is 11.6 Å². The molecule has 0 aliphatic carbocycles. The SMILES string of the molecule is COC(=O)CCCN(C)C(=O)Cc1cccc(F)c1F. The molecule has 0 saturated heterocycles. The summed E-state index contributed by atoms with van der Waals surface area (Å²) in [5.74, 6) is -2.64. The third-order valence-corrected chi connectivity index (χ3v) is 2.90. The first-order chi connectivity index (χ1) is 9.45.